The largest absolute Gasteiger partial charge is 0.461 e. The number of rotatable bonds is 14. The van der Waals surface area contributed by atoms with E-state index in [0.29, 0.717) is 34.8 Å². The molecule has 0 saturated heterocycles. The van der Waals surface area contributed by atoms with Crippen molar-refractivity contribution in [2.45, 2.75) is 79.1 Å². The van der Waals surface area contributed by atoms with E-state index in [2.05, 4.69) is 27.7 Å². The highest BCUT2D eigenvalue weighted by Gasteiger charge is 2.18. The average Bonchev–Trinajstić information content (AvgIpc) is 3.18. The van der Waals surface area contributed by atoms with Crippen LogP contribution in [0.1, 0.15) is 98.4 Å². The zero-order valence-electron chi connectivity index (χ0n) is 17.4. The minimum Gasteiger partial charge on any atom is -0.461 e. The molecule has 0 saturated carbocycles. The maximum Gasteiger partial charge on any atom is 0.348 e. The van der Waals surface area contributed by atoms with Gasteiger partial charge in [-0.3, -0.25) is 0 Å². The van der Waals surface area contributed by atoms with E-state index >= 15 is 0 Å². The number of carbonyl (C=O) groups is 2. The summed E-state index contributed by atoms with van der Waals surface area (Å²) in [7, 11) is 0. The number of hydrogen-bond donors (Lipinski definition) is 0. The molecule has 0 aliphatic heterocycles. The minimum absolute atomic E-state index is 0.344. The third-order valence-corrected chi connectivity index (χ3v) is 6.04. The molecule has 0 aliphatic rings. The first-order chi connectivity index (χ1) is 13.0. The SMILES string of the molecule is CCCCC(CC)COC(=O)c1ccc(C(=O)OCC(CC)CCCC)s1. The highest BCUT2D eigenvalue weighted by Crippen LogP contribution is 2.21. The second-order valence-corrected chi connectivity index (χ2v) is 8.28. The molecule has 154 valence electrons. The van der Waals surface area contributed by atoms with Crippen molar-refractivity contribution >= 4 is 23.3 Å². The summed E-state index contributed by atoms with van der Waals surface area (Å²) < 4.78 is 10.9. The van der Waals surface area contributed by atoms with E-state index < -0.39 is 0 Å². The molecule has 1 aromatic rings. The molecule has 1 heterocycles. The zero-order chi connectivity index (χ0) is 20.1. The van der Waals surface area contributed by atoms with E-state index in [9.17, 15) is 9.59 Å². The molecule has 27 heavy (non-hydrogen) atoms. The van der Waals surface area contributed by atoms with Crippen LogP contribution in [0.5, 0.6) is 0 Å². The highest BCUT2D eigenvalue weighted by molar-refractivity contribution is 7.15. The molecule has 0 N–H and O–H groups in total. The number of carbonyl (C=O) groups excluding carboxylic acids is 2. The van der Waals surface area contributed by atoms with Gasteiger partial charge in [-0.15, -0.1) is 11.3 Å². The van der Waals surface area contributed by atoms with E-state index in [1.807, 2.05) is 0 Å². The lowest BCUT2D eigenvalue weighted by Crippen LogP contribution is -2.13. The normalized spacial score (nSPS) is 13.2. The van der Waals surface area contributed by atoms with Crippen molar-refractivity contribution in [3.8, 4) is 0 Å². The maximum absolute atomic E-state index is 12.2. The van der Waals surface area contributed by atoms with Crippen molar-refractivity contribution in [2.75, 3.05) is 13.2 Å². The van der Waals surface area contributed by atoms with Crippen LogP contribution in [-0.4, -0.2) is 25.2 Å². The first-order valence-corrected chi connectivity index (χ1v) is 11.3. The Labute approximate surface area is 168 Å². The Bertz CT molecular complexity index is 506. The van der Waals surface area contributed by atoms with Crippen molar-refractivity contribution in [1.29, 1.82) is 0 Å². The van der Waals surface area contributed by atoms with Crippen LogP contribution < -0.4 is 0 Å². The lowest BCUT2D eigenvalue weighted by Gasteiger charge is -2.14. The van der Waals surface area contributed by atoms with Crippen molar-refractivity contribution in [2.24, 2.45) is 11.8 Å². The smallest absolute Gasteiger partial charge is 0.348 e. The van der Waals surface area contributed by atoms with Crippen LogP contribution in [-0.2, 0) is 9.47 Å². The van der Waals surface area contributed by atoms with Gasteiger partial charge in [0.25, 0.3) is 0 Å². The van der Waals surface area contributed by atoms with Crippen LogP contribution in [0.25, 0.3) is 0 Å². The molecule has 0 amide bonds. The van der Waals surface area contributed by atoms with Crippen molar-refractivity contribution < 1.29 is 19.1 Å². The summed E-state index contributed by atoms with van der Waals surface area (Å²) in [6, 6.07) is 3.32. The van der Waals surface area contributed by atoms with Gasteiger partial charge in [-0.25, -0.2) is 9.59 Å². The zero-order valence-corrected chi connectivity index (χ0v) is 18.2. The summed E-state index contributed by atoms with van der Waals surface area (Å²) in [6.07, 6.45) is 8.79. The maximum atomic E-state index is 12.2. The van der Waals surface area contributed by atoms with Crippen molar-refractivity contribution in [1.82, 2.24) is 0 Å². The predicted octanol–water partition coefficient (Wildman–Crippen LogP) is 6.49. The van der Waals surface area contributed by atoms with Crippen LogP contribution in [0.4, 0.5) is 0 Å². The molecule has 0 radical (unpaired) electrons. The third kappa shape index (κ3) is 8.91. The highest BCUT2D eigenvalue weighted by atomic mass is 32.1. The molecule has 2 atom stereocenters. The number of hydrogen-bond acceptors (Lipinski definition) is 5. The standard InChI is InChI=1S/C22H36O4S/c1-5-9-11-17(7-3)15-25-21(23)19-13-14-20(27-19)22(24)26-16-18(8-4)12-10-6-2/h13-14,17-18H,5-12,15-16H2,1-4H3. The number of esters is 2. The molecule has 2 unspecified atom stereocenters. The fourth-order valence-electron chi connectivity index (χ4n) is 2.88. The van der Waals surface area contributed by atoms with Crippen LogP contribution in [0.2, 0.25) is 0 Å². The summed E-state index contributed by atoms with van der Waals surface area (Å²) in [5.74, 6) is 0.131. The Hall–Kier alpha value is -1.36. The van der Waals surface area contributed by atoms with E-state index in [4.69, 9.17) is 9.47 Å². The van der Waals surface area contributed by atoms with Gasteiger partial charge in [0, 0.05) is 0 Å². The van der Waals surface area contributed by atoms with Gasteiger partial charge >= 0.3 is 11.9 Å². The van der Waals surface area contributed by atoms with Gasteiger partial charge in [0.1, 0.15) is 9.75 Å². The molecule has 0 fully saturated rings. The van der Waals surface area contributed by atoms with Crippen molar-refractivity contribution in [3.63, 3.8) is 0 Å². The topological polar surface area (TPSA) is 52.6 Å². The lowest BCUT2D eigenvalue weighted by atomic mass is 10.0. The van der Waals surface area contributed by atoms with E-state index in [0.717, 1.165) is 62.7 Å². The van der Waals surface area contributed by atoms with Gasteiger partial charge in [-0.1, -0.05) is 66.2 Å². The molecule has 1 aromatic heterocycles. The average molecular weight is 397 g/mol. The Morgan fingerprint density at radius 2 is 1.22 bits per heavy atom. The third-order valence-electron chi connectivity index (χ3n) is 5.00. The Morgan fingerprint density at radius 1 is 0.815 bits per heavy atom. The quantitative estimate of drug-likeness (QED) is 0.337. The molecule has 5 heteroatoms. The molecule has 0 bridgehead atoms. The summed E-state index contributed by atoms with van der Waals surface area (Å²) in [6.45, 7) is 9.47. The van der Waals surface area contributed by atoms with Gasteiger partial charge in [0.2, 0.25) is 0 Å². The summed E-state index contributed by atoms with van der Waals surface area (Å²) in [5.41, 5.74) is 0. The molecule has 0 spiro atoms. The van der Waals surface area contributed by atoms with Gasteiger partial charge < -0.3 is 9.47 Å². The number of thiophene rings is 1. The van der Waals surface area contributed by atoms with E-state index in [-0.39, 0.29) is 11.9 Å². The van der Waals surface area contributed by atoms with Crippen LogP contribution in [0.15, 0.2) is 12.1 Å². The lowest BCUT2D eigenvalue weighted by molar-refractivity contribution is 0.0427. The Morgan fingerprint density at radius 3 is 1.56 bits per heavy atom. The summed E-state index contributed by atoms with van der Waals surface area (Å²) >= 11 is 1.15. The van der Waals surface area contributed by atoms with Crippen LogP contribution in [0.3, 0.4) is 0 Å². The van der Waals surface area contributed by atoms with Crippen molar-refractivity contribution in [3.05, 3.63) is 21.9 Å². The Balaban J connectivity index is 2.48. The number of unbranched alkanes of at least 4 members (excludes halogenated alkanes) is 2. The fourth-order valence-corrected chi connectivity index (χ4v) is 3.68. The van der Waals surface area contributed by atoms with Gasteiger partial charge in [-0.2, -0.15) is 0 Å². The van der Waals surface area contributed by atoms with E-state index in [1.165, 1.54) is 0 Å². The monoisotopic (exact) mass is 396 g/mol. The molecule has 1 rings (SSSR count). The predicted molar refractivity (Wildman–Crippen MR) is 111 cm³/mol. The first-order valence-electron chi connectivity index (χ1n) is 10.5. The fraction of sp³-hybridized carbons (Fsp3) is 0.727. The van der Waals surface area contributed by atoms with E-state index in [1.54, 1.807) is 12.1 Å². The Kier molecular flexibility index (Phi) is 12.1. The van der Waals surface area contributed by atoms with Crippen LogP contribution >= 0.6 is 11.3 Å². The molecule has 0 aliphatic carbocycles. The summed E-state index contributed by atoms with van der Waals surface area (Å²) in [5, 5.41) is 0. The minimum atomic E-state index is -0.344. The number of ether oxygens (including phenoxy) is 2. The molecular formula is C22H36O4S. The first kappa shape index (κ1) is 23.7. The molecular weight excluding hydrogens is 360 g/mol. The molecule has 4 nitrogen and oxygen atoms in total. The second kappa shape index (κ2) is 13.8. The second-order valence-electron chi connectivity index (χ2n) is 7.19. The van der Waals surface area contributed by atoms with Gasteiger partial charge in [0.15, 0.2) is 0 Å². The summed E-state index contributed by atoms with van der Waals surface area (Å²) in [4.78, 5) is 25.4. The van der Waals surface area contributed by atoms with Crippen LogP contribution in [0, 0.1) is 11.8 Å². The van der Waals surface area contributed by atoms with Gasteiger partial charge in [0.05, 0.1) is 13.2 Å². The molecule has 0 aromatic carbocycles. The van der Waals surface area contributed by atoms with Gasteiger partial charge in [-0.05, 0) is 36.8 Å².